The first kappa shape index (κ1) is 23.9. The maximum atomic E-state index is 13.3. The lowest BCUT2D eigenvalue weighted by Crippen LogP contribution is -2.34. The molecule has 8 nitrogen and oxygen atoms in total. The molecule has 0 spiro atoms. The Morgan fingerprint density at radius 1 is 1.03 bits per heavy atom. The predicted molar refractivity (Wildman–Crippen MR) is 138 cm³/mol. The van der Waals surface area contributed by atoms with Crippen LogP contribution in [0.15, 0.2) is 76.5 Å². The average molecular weight is 504 g/mol. The third kappa shape index (κ3) is 4.66. The van der Waals surface area contributed by atoms with Gasteiger partial charge in [-0.3, -0.25) is 19.8 Å². The largest absolute Gasteiger partial charge is 0.452 e. The van der Waals surface area contributed by atoms with Gasteiger partial charge in [0.1, 0.15) is 5.69 Å². The second-order valence-electron chi connectivity index (χ2n) is 9.00. The molecule has 3 aromatic rings. The first-order valence-electron chi connectivity index (χ1n) is 11.8. The van der Waals surface area contributed by atoms with Crippen LogP contribution in [0.3, 0.4) is 0 Å². The van der Waals surface area contributed by atoms with Gasteiger partial charge >= 0.3 is 5.97 Å². The zero-order valence-corrected chi connectivity index (χ0v) is 20.6. The van der Waals surface area contributed by atoms with Gasteiger partial charge < -0.3 is 9.64 Å². The number of fused-ring (bicyclic) bond motifs is 2. The number of nitrogens with zero attached hydrogens (tertiary/aromatic N) is 3. The van der Waals surface area contributed by atoms with Crippen LogP contribution in [0.5, 0.6) is 0 Å². The number of piperidine rings is 1. The third-order valence-corrected chi connectivity index (χ3v) is 7.54. The van der Waals surface area contributed by atoms with E-state index in [0.29, 0.717) is 11.6 Å². The molecule has 0 bridgehead atoms. The van der Waals surface area contributed by atoms with Crippen LogP contribution in [-0.2, 0) is 9.53 Å². The summed E-state index contributed by atoms with van der Waals surface area (Å²) >= 11 is 1.57. The van der Waals surface area contributed by atoms with Crippen LogP contribution in [0.25, 0.3) is 0 Å². The first-order chi connectivity index (χ1) is 17.4. The standard InChI is InChI=1S/C27H25N3O5S/c1-18-7-6-14-28(16-18)20-13-12-19(15-23(20)30(33)34)27(32)35-17-26(31)29-21-8-2-4-10-24(21)36-25-11-5-3-9-22(25)29/h2-5,8-13,15,18H,6-7,14,16-17H2,1H3/t18-/m1/s1. The van der Waals surface area contributed by atoms with Crippen molar-refractivity contribution in [1.82, 2.24) is 0 Å². The summed E-state index contributed by atoms with van der Waals surface area (Å²) in [5, 5.41) is 11.8. The topological polar surface area (TPSA) is 93.0 Å². The monoisotopic (exact) mass is 503 g/mol. The summed E-state index contributed by atoms with van der Waals surface area (Å²) in [5.41, 5.74) is 1.84. The van der Waals surface area contributed by atoms with Crippen molar-refractivity contribution in [2.75, 3.05) is 29.5 Å². The molecule has 184 valence electrons. The van der Waals surface area contributed by atoms with Gasteiger partial charge in [0.05, 0.1) is 21.9 Å². The van der Waals surface area contributed by atoms with E-state index in [1.165, 1.54) is 12.1 Å². The van der Waals surface area contributed by atoms with Crippen molar-refractivity contribution < 1.29 is 19.2 Å². The van der Waals surface area contributed by atoms with E-state index in [9.17, 15) is 19.7 Å². The molecule has 3 aromatic carbocycles. The number of para-hydroxylation sites is 2. The summed E-state index contributed by atoms with van der Waals surface area (Å²) < 4.78 is 5.34. The summed E-state index contributed by atoms with van der Waals surface area (Å²) in [6, 6.07) is 19.4. The molecule has 9 heteroatoms. The lowest BCUT2D eigenvalue weighted by Gasteiger charge is -2.32. The Morgan fingerprint density at radius 3 is 2.33 bits per heavy atom. The summed E-state index contributed by atoms with van der Waals surface area (Å²) in [6.45, 7) is 3.10. The Balaban J connectivity index is 1.34. The van der Waals surface area contributed by atoms with Gasteiger partial charge in [0.15, 0.2) is 6.61 Å². The fourth-order valence-electron chi connectivity index (χ4n) is 4.72. The molecule has 2 heterocycles. The van der Waals surface area contributed by atoms with Crippen LogP contribution in [0.1, 0.15) is 30.1 Å². The molecule has 0 radical (unpaired) electrons. The molecule has 36 heavy (non-hydrogen) atoms. The number of amides is 1. The number of nitro benzene ring substituents is 1. The summed E-state index contributed by atoms with van der Waals surface area (Å²) in [6.07, 6.45) is 2.05. The van der Waals surface area contributed by atoms with Crippen LogP contribution in [0.4, 0.5) is 22.7 Å². The highest BCUT2D eigenvalue weighted by molar-refractivity contribution is 7.99. The molecule has 1 amide bonds. The molecular weight excluding hydrogens is 478 g/mol. The zero-order chi connectivity index (χ0) is 25.2. The number of esters is 1. The molecule has 2 aliphatic rings. The zero-order valence-electron chi connectivity index (χ0n) is 19.8. The second-order valence-corrected chi connectivity index (χ2v) is 10.1. The number of hydrogen-bond donors (Lipinski definition) is 0. The van der Waals surface area contributed by atoms with Crippen LogP contribution >= 0.6 is 11.8 Å². The van der Waals surface area contributed by atoms with Crippen LogP contribution < -0.4 is 9.80 Å². The van der Waals surface area contributed by atoms with Crippen molar-refractivity contribution in [2.45, 2.75) is 29.6 Å². The SMILES string of the molecule is C[C@@H]1CCCN(c2ccc(C(=O)OCC(=O)N3c4ccccc4Sc4ccccc43)cc2[N+](=O)[O-])C1. The Bertz CT molecular complexity index is 1300. The molecule has 0 saturated carbocycles. The van der Waals surface area contributed by atoms with Crippen LogP contribution in [-0.4, -0.2) is 36.5 Å². The molecule has 0 aromatic heterocycles. The van der Waals surface area contributed by atoms with E-state index in [-0.39, 0.29) is 11.3 Å². The van der Waals surface area contributed by atoms with E-state index in [1.807, 2.05) is 53.4 Å². The van der Waals surface area contributed by atoms with E-state index >= 15 is 0 Å². The molecule has 1 fully saturated rings. The van der Waals surface area contributed by atoms with E-state index in [0.717, 1.165) is 47.1 Å². The fourth-order valence-corrected chi connectivity index (χ4v) is 5.78. The van der Waals surface area contributed by atoms with Crippen LogP contribution in [0, 0.1) is 16.0 Å². The molecule has 0 aliphatic carbocycles. The number of nitro groups is 1. The highest BCUT2D eigenvalue weighted by Crippen LogP contribution is 2.47. The van der Waals surface area contributed by atoms with E-state index in [4.69, 9.17) is 4.74 Å². The lowest BCUT2D eigenvalue weighted by molar-refractivity contribution is -0.384. The minimum Gasteiger partial charge on any atom is -0.452 e. The van der Waals surface area contributed by atoms with Gasteiger partial charge in [-0.25, -0.2) is 4.79 Å². The van der Waals surface area contributed by atoms with Crippen molar-refractivity contribution in [3.05, 3.63) is 82.4 Å². The van der Waals surface area contributed by atoms with Crippen molar-refractivity contribution in [2.24, 2.45) is 5.92 Å². The molecule has 2 aliphatic heterocycles. The predicted octanol–water partition coefficient (Wildman–Crippen LogP) is 5.82. The average Bonchev–Trinajstić information content (AvgIpc) is 2.89. The van der Waals surface area contributed by atoms with Crippen molar-refractivity contribution in [1.29, 1.82) is 0 Å². The number of rotatable bonds is 5. The molecule has 1 atom stereocenters. The highest BCUT2D eigenvalue weighted by atomic mass is 32.2. The van der Waals surface area contributed by atoms with Gasteiger partial charge in [-0.05, 0) is 55.2 Å². The summed E-state index contributed by atoms with van der Waals surface area (Å²) in [5.74, 6) is -0.743. The Hall–Kier alpha value is -3.85. The lowest BCUT2D eigenvalue weighted by atomic mass is 9.99. The Kier molecular flexibility index (Phi) is 6.65. The third-order valence-electron chi connectivity index (χ3n) is 6.41. The number of anilines is 3. The number of carbonyl (C=O) groups is 2. The van der Waals surface area contributed by atoms with Crippen molar-refractivity contribution in [3.63, 3.8) is 0 Å². The van der Waals surface area contributed by atoms with E-state index in [1.54, 1.807) is 22.7 Å². The number of ether oxygens (including phenoxy) is 1. The fraction of sp³-hybridized carbons (Fsp3) is 0.259. The first-order valence-corrected chi connectivity index (χ1v) is 12.6. The summed E-state index contributed by atoms with van der Waals surface area (Å²) in [7, 11) is 0. The minimum atomic E-state index is -0.780. The number of benzene rings is 3. The smallest absolute Gasteiger partial charge is 0.338 e. The molecule has 5 rings (SSSR count). The quantitative estimate of drug-likeness (QED) is 0.246. The maximum absolute atomic E-state index is 13.3. The number of carbonyl (C=O) groups excluding carboxylic acids is 2. The van der Waals surface area contributed by atoms with Gasteiger partial charge in [0, 0.05) is 28.9 Å². The number of hydrogen-bond acceptors (Lipinski definition) is 7. The normalized spacial score (nSPS) is 16.6. The van der Waals surface area contributed by atoms with Gasteiger partial charge in [0.2, 0.25) is 0 Å². The van der Waals surface area contributed by atoms with Crippen molar-refractivity contribution >= 4 is 46.4 Å². The molecule has 0 N–H and O–H groups in total. The Morgan fingerprint density at radius 2 is 1.69 bits per heavy atom. The molecular formula is C27H25N3O5S. The Labute approximate surface area is 213 Å². The van der Waals surface area contributed by atoms with Crippen LogP contribution in [0.2, 0.25) is 0 Å². The van der Waals surface area contributed by atoms with Gasteiger partial charge in [0.25, 0.3) is 11.6 Å². The van der Waals surface area contributed by atoms with Gasteiger partial charge in [-0.2, -0.15) is 0 Å². The second kappa shape index (κ2) is 10.0. The molecule has 0 unspecified atom stereocenters. The highest BCUT2D eigenvalue weighted by Gasteiger charge is 2.29. The minimum absolute atomic E-state index is 0.0401. The maximum Gasteiger partial charge on any atom is 0.338 e. The van der Waals surface area contributed by atoms with Gasteiger partial charge in [-0.1, -0.05) is 43.0 Å². The van der Waals surface area contributed by atoms with E-state index in [2.05, 4.69) is 6.92 Å². The van der Waals surface area contributed by atoms with Gasteiger partial charge in [-0.15, -0.1) is 0 Å². The molecule has 1 saturated heterocycles. The summed E-state index contributed by atoms with van der Waals surface area (Å²) in [4.78, 5) is 42.8. The van der Waals surface area contributed by atoms with E-state index < -0.39 is 23.4 Å². The van der Waals surface area contributed by atoms with Crippen molar-refractivity contribution in [3.8, 4) is 0 Å².